The Balaban J connectivity index is 1.96. The highest BCUT2D eigenvalue weighted by Gasteiger charge is 2.33. The van der Waals surface area contributed by atoms with Crippen LogP contribution in [0.3, 0.4) is 0 Å². The van der Waals surface area contributed by atoms with E-state index in [1.807, 2.05) is 0 Å². The Bertz CT molecular complexity index is 886. The number of alkyl halides is 3. The number of nitrogens with zero attached hydrogens (tertiary/aromatic N) is 2. The molecule has 3 aromatic rings. The number of halogens is 5. The number of anilines is 3. The number of rotatable bonds is 2. The molecule has 10 heteroatoms. The van der Waals surface area contributed by atoms with Crippen molar-refractivity contribution in [3.05, 3.63) is 41.5 Å². The zero-order valence-electron chi connectivity index (χ0n) is 11.2. The number of nitrogens with two attached hydrogens (primary N) is 1. The fourth-order valence-electron chi connectivity index (χ4n) is 1.98. The minimum atomic E-state index is -4.81. The Morgan fingerprint density at radius 3 is 2.48 bits per heavy atom. The molecular weight excluding hydrogens is 321 g/mol. The molecule has 0 saturated carbocycles. The van der Waals surface area contributed by atoms with E-state index in [-0.39, 0.29) is 28.4 Å². The molecule has 0 aliphatic rings. The summed E-state index contributed by atoms with van der Waals surface area (Å²) in [6.45, 7) is 0. The van der Waals surface area contributed by atoms with Crippen LogP contribution in [0.4, 0.5) is 39.3 Å². The molecule has 23 heavy (non-hydrogen) atoms. The molecule has 0 amide bonds. The van der Waals surface area contributed by atoms with E-state index in [0.717, 1.165) is 12.1 Å². The molecule has 2 aromatic heterocycles. The zero-order chi connectivity index (χ0) is 16.8. The molecule has 5 nitrogen and oxygen atoms in total. The van der Waals surface area contributed by atoms with Gasteiger partial charge in [-0.05, 0) is 24.3 Å². The van der Waals surface area contributed by atoms with E-state index in [9.17, 15) is 22.0 Å². The van der Waals surface area contributed by atoms with E-state index in [1.165, 1.54) is 0 Å². The molecule has 0 aliphatic carbocycles. The molecule has 0 atom stereocenters. The number of fused-ring (bicyclic) bond motifs is 1. The van der Waals surface area contributed by atoms with Gasteiger partial charge in [0, 0.05) is 5.69 Å². The van der Waals surface area contributed by atoms with Gasteiger partial charge in [0.1, 0.15) is 11.6 Å². The van der Waals surface area contributed by atoms with E-state index in [2.05, 4.69) is 20.5 Å². The maximum atomic E-state index is 13.9. The average molecular weight is 329 g/mol. The van der Waals surface area contributed by atoms with Crippen molar-refractivity contribution in [2.24, 2.45) is 0 Å². The Kier molecular flexibility index (Phi) is 3.31. The third-order valence-corrected chi connectivity index (χ3v) is 3.07. The molecule has 0 unspecified atom stereocenters. The first-order valence-corrected chi connectivity index (χ1v) is 6.19. The number of nitrogens with one attached hydrogen (secondary N) is 2. The minimum Gasteiger partial charge on any atom is -0.384 e. The van der Waals surface area contributed by atoms with Gasteiger partial charge in [-0.2, -0.15) is 18.3 Å². The number of benzene rings is 1. The van der Waals surface area contributed by atoms with Gasteiger partial charge >= 0.3 is 6.18 Å². The fraction of sp³-hybridized carbons (Fsp3) is 0.0769. The smallest absolute Gasteiger partial charge is 0.384 e. The van der Waals surface area contributed by atoms with Crippen LogP contribution in [0.1, 0.15) is 5.56 Å². The number of aromatic amines is 1. The number of nitrogen functional groups attached to an aromatic ring is 1. The van der Waals surface area contributed by atoms with Gasteiger partial charge in [-0.15, -0.1) is 0 Å². The second-order valence-electron chi connectivity index (χ2n) is 4.64. The molecule has 3 rings (SSSR count). The Morgan fingerprint density at radius 1 is 1.09 bits per heavy atom. The first-order chi connectivity index (χ1) is 10.8. The summed E-state index contributed by atoms with van der Waals surface area (Å²) in [4.78, 5) is 3.84. The first-order valence-electron chi connectivity index (χ1n) is 6.19. The third-order valence-electron chi connectivity index (χ3n) is 3.07. The standard InChI is InChI=1S/C13H8F5N5/c14-8-3-5(1-2-7(8)13(16,17)18)20-12-9(15)4-6-10(19)22-23-11(6)21-12/h1-4H,(H4,19,20,21,22,23). The van der Waals surface area contributed by atoms with Gasteiger partial charge in [0.15, 0.2) is 17.3 Å². The topological polar surface area (TPSA) is 79.6 Å². The highest BCUT2D eigenvalue weighted by Crippen LogP contribution is 2.33. The molecule has 4 N–H and O–H groups in total. The lowest BCUT2D eigenvalue weighted by molar-refractivity contribution is -0.139. The molecule has 0 fully saturated rings. The summed E-state index contributed by atoms with van der Waals surface area (Å²) >= 11 is 0. The molecule has 2 heterocycles. The SMILES string of the molecule is Nc1[nH]nc2nc(Nc3ccc(C(F)(F)F)c(F)c3)c(F)cc12. The molecule has 1 aromatic carbocycles. The quantitative estimate of drug-likeness (QED) is 0.628. The van der Waals surface area contributed by atoms with Crippen LogP contribution in [0.25, 0.3) is 11.0 Å². The molecule has 0 saturated heterocycles. The van der Waals surface area contributed by atoms with Crippen LogP contribution in [-0.2, 0) is 6.18 Å². The van der Waals surface area contributed by atoms with E-state index in [0.29, 0.717) is 12.1 Å². The van der Waals surface area contributed by atoms with Crippen LogP contribution in [0, 0.1) is 11.6 Å². The van der Waals surface area contributed by atoms with Crippen molar-refractivity contribution < 1.29 is 22.0 Å². The zero-order valence-corrected chi connectivity index (χ0v) is 11.2. The number of hydrogen-bond donors (Lipinski definition) is 3. The molecule has 0 spiro atoms. The van der Waals surface area contributed by atoms with Gasteiger partial charge in [-0.25, -0.2) is 13.8 Å². The summed E-state index contributed by atoms with van der Waals surface area (Å²) in [7, 11) is 0. The summed E-state index contributed by atoms with van der Waals surface area (Å²) < 4.78 is 64.9. The second kappa shape index (κ2) is 5.07. The lowest BCUT2D eigenvalue weighted by Crippen LogP contribution is -2.08. The summed E-state index contributed by atoms with van der Waals surface area (Å²) in [6.07, 6.45) is -4.81. The highest BCUT2D eigenvalue weighted by atomic mass is 19.4. The second-order valence-corrected chi connectivity index (χ2v) is 4.64. The highest BCUT2D eigenvalue weighted by molar-refractivity contribution is 5.87. The van der Waals surface area contributed by atoms with Crippen molar-refractivity contribution >= 4 is 28.4 Å². The van der Waals surface area contributed by atoms with Gasteiger partial charge in [-0.1, -0.05) is 0 Å². The van der Waals surface area contributed by atoms with Crippen LogP contribution >= 0.6 is 0 Å². The summed E-state index contributed by atoms with van der Waals surface area (Å²) in [5.41, 5.74) is 4.13. The number of hydrogen-bond acceptors (Lipinski definition) is 4. The van der Waals surface area contributed by atoms with Crippen molar-refractivity contribution in [1.29, 1.82) is 0 Å². The lowest BCUT2D eigenvalue weighted by Gasteiger charge is -2.11. The largest absolute Gasteiger partial charge is 0.419 e. The number of H-pyrrole nitrogens is 1. The fourth-order valence-corrected chi connectivity index (χ4v) is 1.98. The van der Waals surface area contributed by atoms with E-state index in [1.54, 1.807) is 0 Å². The van der Waals surface area contributed by atoms with Crippen LogP contribution < -0.4 is 11.1 Å². The Morgan fingerprint density at radius 2 is 1.83 bits per heavy atom. The average Bonchev–Trinajstić information content (AvgIpc) is 2.79. The maximum Gasteiger partial charge on any atom is 0.419 e. The van der Waals surface area contributed by atoms with Gasteiger partial charge in [-0.3, -0.25) is 5.10 Å². The van der Waals surface area contributed by atoms with Crippen LogP contribution in [0.5, 0.6) is 0 Å². The lowest BCUT2D eigenvalue weighted by atomic mass is 10.2. The summed E-state index contributed by atoms with van der Waals surface area (Å²) in [6, 6.07) is 3.19. The van der Waals surface area contributed by atoms with Crippen molar-refractivity contribution in [3.63, 3.8) is 0 Å². The third kappa shape index (κ3) is 2.74. The summed E-state index contributed by atoms with van der Waals surface area (Å²) in [5.74, 6) is -2.49. The number of pyridine rings is 1. The van der Waals surface area contributed by atoms with Crippen LogP contribution in [-0.4, -0.2) is 15.2 Å². The van der Waals surface area contributed by atoms with Gasteiger partial charge < -0.3 is 11.1 Å². The number of aromatic nitrogens is 3. The molecule has 0 bridgehead atoms. The van der Waals surface area contributed by atoms with Crippen molar-refractivity contribution in [3.8, 4) is 0 Å². The van der Waals surface area contributed by atoms with Crippen LogP contribution in [0.2, 0.25) is 0 Å². The maximum absolute atomic E-state index is 13.9. The molecule has 120 valence electrons. The Labute approximate surface area is 125 Å². The molecular formula is C13H8F5N5. The van der Waals surface area contributed by atoms with Crippen LogP contribution in [0.15, 0.2) is 24.3 Å². The monoisotopic (exact) mass is 329 g/mol. The Hall–Kier alpha value is -2.91. The van der Waals surface area contributed by atoms with Crippen molar-refractivity contribution in [2.75, 3.05) is 11.1 Å². The van der Waals surface area contributed by atoms with E-state index >= 15 is 0 Å². The van der Waals surface area contributed by atoms with Gasteiger partial charge in [0.25, 0.3) is 0 Å². The van der Waals surface area contributed by atoms with Gasteiger partial charge in [0.2, 0.25) is 0 Å². The normalized spacial score (nSPS) is 11.9. The van der Waals surface area contributed by atoms with Crippen molar-refractivity contribution in [1.82, 2.24) is 15.2 Å². The predicted octanol–water partition coefficient (Wildman–Crippen LogP) is 3.58. The predicted molar refractivity (Wildman–Crippen MR) is 72.9 cm³/mol. The molecule has 0 aliphatic heterocycles. The first kappa shape index (κ1) is 15.0. The summed E-state index contributed by atoms with van der Waals surface area (Å²) in [5, 5.41) is 8.81. The molecule has 0 radical (unpaired) electrons. The van der Waals surface area contributed by atoms with Crippen molar-refractivity contribution in [2.45, 2.75) is 6.18 Å². The van der Waals surface area contributed by atoms with E-state index < -0.39 is 23.4 Å². The van der Waals surface area contributed by atoms with E-state index in [4.69, 9.17) is 5.73 Å². The van der Waals surface area contributed by atoms with Gasteiger partial charge in [0.05, 0.1) is 10.9 Å². The minimum absolute atomic E-state index is 0.0928.